The Hall–Kier alpha value is -3.56. The van der Waals surface area contributed by atoms with Crippen LogP contribution in [0.1, 0.15) is 11.1 Å². The van der Waals surface area contributed by atoms with Gasteiger partial charge in [-0.25, -0.2) is 9.69 Å². The molecule has 0 bridgehead atoms. The van der Waals surface area contributed by atoms with Crippen LogP contribution in [0.4, 0.5) is 16.2 Å². The summed E-state index contributed by atoms with van der Waals surface area (Å²) >= 11 is 24.3. The number of halogens is 4. The van der Waals surface area contributed by atoms with Gasteiger partial charge in [0, 0.05) is 10.7 Å². The topological polar surface area (TPSA) is 105 Å². The van der Waals surface area contributed by atoms with Gasteiger partial charge in [-0.1, -0.05) is 58.5 Å². The van der Waals surface area contributed by atoms with E-state index in [0.717, 1.165) is 10.5 Å². The van der Waals surface area contributed by atoms with Crippen molar-refractivity contribution in [1.29, 1.82) is 0 Å². The summed E-state index contributed by atoms with van der Waals surface area (Å²) in [5, 5.41) is 5.90. The molecular formula is C26H17Cl4N3O5. The summed E-state index contributed by atoms with van der Waals surface area (Å²) in [5.41, 5.74) is 1.51. The number of imide groups is 2. The van der Waals surface area contributed by atoms with Crippen molar-refractivity contribution in [3.8, 4) is 5.75 Å². The van der Waals surface area contributed by atoms with Gasteiger partial charge in [0.2, 0.25) is 0 Å². The van der Waals surface area contributed by atoms with E-state index in [1.54, 1.807) is 31.2 Å². The molecule has 1 aliphatic heterocycles. The molecule has 2 N–H and O–H groups in total. The standard InChI is InChI=1S/C26H17Cl4N3O5/c1-13-2-5-16(11-19(13)28)33-25(36)17(24(35)32-26(33)37)8-14-3-7-22(21(30)9-14)38-12-23(34)31-15-4-6-18(27)20(29)10-15/h2-11H,12H2,1H3,(H,31,34)(H,32,35,37)/b17-8+. The molecule has 0 saturated carbocycles. The van der Waals surface area contributed by atoms with Crippen molar-refractivity contribution in [2.75, 3.05) is 16.8 Å². The molecule has 5 amide bonds. The number of benzene rings is 3. The van der Waals surface area contributed by atoms with Crippen LogP contribution in [0.5, 0.6) is 5.75 Å². The second kappa shape index (κ2) is 11.4. The third-order valence-corrected chi connectivity index (χ3v) is 6.79. The van der Waals surface area contributed by atoms with Crippen LogP contribution in [-0.4, -0.2) is 30.4 Å². The van der Waals surface area contributed by atoms with Crippen LogP contribution >= 0.6 is 46.4 Å². The Kier molecular flexibility index (Phi) is 8.28. The predicted octanol–water partition coefficient (Wildman–Crippen LogP) is 6.29. The summed E-state index contributed by atoms with van der Waals surface area (Å²) in [5.74, 6) is -1.95. The summed E-state index contributed by atoms with van der Waals surface area (Å²) in [7, 11) is 0. The molecule has 3 aromatic rings. The summed E-state index contributed by atoms with van der Waals surface area (Å²) < 4.78 is 5.49. The highest BCUT2D eigenvalue weighted by Gasteiger charge is 2.37. The van der Waals surface area contributed by atoms with Crippen LogP contribution in [-0.2, 0) is 14.4 Å². The maximum atomic E-state index is 13.1. The van der Waals surface area contributed by atoms with Crippen LogP contribution in [0.15, 0.2) is 60.2 Å². The van der Waals surface area contributed by atoms with E-state index in [2.05, 4.69) is 10.6 Å². The fraction of sp³-hybridized carbons (Fsp3) is 0.0769. The lowest BCUT2D eigenvalue weighted by molar-refractivity contribution is -0.122. The molecule has 0 atom stereocenters. The average molecular weight is 593 g/mol. The van der Waals surface area contributed by atoms with Gasteiger partial charge >= 0.3 is 6.03 Å². The molecule has 3 aromatic carbocycles. The Morgan fingerprint density at radius 2 is 1.68 bits per heavy atom. The van der Waals surface area contributed by atoms with Gasteiger partial charge in [0.15, 0.2) is 6.61 Å². The minimum absolute atomic E-state index is 0.128. The summed E-state index contributed by atoms with van der Waals surface area (Å²) in [6, 6.07) is 12.9. The molecule has 38 heavy (non-hydrogen) atoms. The van der Waals surface area contributed by atoms with E-state index in [-0.39, 0.29) is 28.6 Å². The van der Waals surface area contributed by atoms with Gasteiger partial charge < -0.3 is 10.1 Å². The zero-order valence-corrected chi connectivity index (χ0v) is 22.5. The van der Waals surface area contributed by atoms with E-state index in [4.69, 9.17) is 51.1 Å². The minimum atomic E-state index is -0.891. The first-order chi connectivity index (χ1) is 18.0. The lowest BCUT2D eigenvalue weighted by Gasteiger charge is -2.26. The predicted molar refractivity (Wildman–Crippen MR) is 147 cm³/mol. The number of barbiturate groups is 1. The number of nitrogens with one attached hydrogen (secondary N) is 2. The van der Waals surface area contributed by atoms with Gasteiger partial charge in [-0.15, -0.1) is 0 Å². The number of rotatable bonds is 6. The average Bonchev–Trinajstić information content (AvgIpc) is 2.85. The zero-order valence-electron chi connectivity index (χ0n) is 19.5. The van der Waals surface area contributed by atoms with E-state index < -0.39 is 23.8 Å². The minimum Gasteiger partial charge on any atom is -0.482 e. The van der Waals surface area contributed by atoms with Crippen LogP contribution in [0.2, 0.25) is 20.1 Å². The summed E-state index contributed by atoms with van der Waals surface area (Å²) in [6.45, 7) is 1.43. The number of carbonyl (C=O) groups is 4. The molecule has 0 aliphatic carbocycles. The van der Waals surface area contributed by atoms with Crippen LogP contribution < -0.4 is 20.3 Å². The summed E-state index contributed by atoms with van der Waals surface area (Å²) in [4.78, 5) is 51.0. The van der Waals surface area contributed by atoms with Crippen LogP contribution in [0.3, 0.4) is 0 Å². The van der Waals surface area contributed by atoms with E-state index >= 15 is 0 Å². The van der Waals surface area contributed by atoms with Crippen LogP contribution in [0, 0.1) is 6.92 Å². The number of carbonyl (C=O) groups excluding carboxylic acids is 4. The second-order valence-electron chi connectivity index (χ2n) is 8.05. The highest BCUT2D eigenvalue weighted by molar-refractivity contribution is 6.42. The quantitative estimate of drug-likeness (QED) is 0.258. The van der Waals surface area contributed by atoms with Crippen molar-refractivity contribution in [3.05, 3.63) is 91.4 Å². The lowest BCUT2D eigenvalue weighted by Crippen LogP contribution is -2.54. The van der Waals surface area contributed by atoms with Gasteiger partial charge in [0.1, 0.15) is 11.3 Å². The number of hydrogen-bond acceptors (Lipinski definition) is 5. The van der Waals surface area contributed by atoms with E-state index in [9.17, 15) is 19.2 Å². The number of urea groups is 1. The highest BCUT2D eigenvalue weighted by atomic mass is 35.5. The zero-order chi connectivity index (χ0) is 27.6. The maximum Gasteiger partial charge on any atom is 0.335 e. The molecule has 1 saturated heterocycles. The Balaban J connectivity index is 1.48. The molecule has 8 nitrogen and oxygen atoms in total. The first-order valence-corrected chi connectivity index (χ1v) is 12.4. The molecule has 1 aliphatic rings. The molecule has 0 spiro atoms. The number of nitrogens with zero attached hydrogens (tertiary/aromatic N) is 1. The fourth-order valence-corrected chi connectivity index (χ4v) is 4.13. The Labute approximate surface area is 237 Å². The van der Waals surface area contributed by atoms with Gasteiger partial charge in [-0.2, -0.15) is 0 Å². The molecule has 12 heteroatoms. The molecule has 4 rings (SSSR count). The third-order valence-electron chi connectivity index (χ3n) is 5.34. The maximum absolute atomic E-state index is 13.1. The first-order valence-electron chi connectivity index (χ1n) is 10.9. The number of anilines is 2. The number of ether oxygens (including phenoxy) is 1. The van der Waals surface area contributed by atoms with E-state index in [1.807, 2.05) is 0 Å². The molecule has 0 radical (unpaired) electrons. The van der Waals surface area contributed by atoms with Crippen LogP contribution in [0.25, 0.3) is 6.08 Å². The van der Waals surface area contributed by atoms with Gasteiger partial charge in [0.05, 0.1) is 20.8 Å². The normalized spacial score (nSPS) is 14.5. The molecule has 1 heterocycles. The fourth-order valence-electron chi connectivity index (χ4n) is 3.42. The first kappa shape index (κ1) is 27.5. The summed E-state index contributed by atoms with van der Waals surface area (Å²) in [6.07, 6.45) is 1.29. The molecule has 0 unspecified atom stereocenters. The molecule has 0 aromatic heterocycles. The van der Waals surface area contributed by atoms with Crippen molar-refractivity contribution < 1.29 is 23.9 Å². The molecule has 194 valence electrons. The number of amides is 5. The Bertz CT molecular complexity index is 1520. The van der Waals surface area contributed by atoms with Crippen molar-refractivity contribution >= 4 is 87.6 Å². The Morgan fingerprint density at radius 1 is 0.921 bits per heavy atom. The number of hydrogen-bond donors (Lipinski definition) is 2. The monoisotopic (exact) mass is 591 g/mol. The third kappa shape index (κ3) is 6.11. The van der Waals surface area contributed by atoms with Crippen molar-refractivity contribution in [3.63, 3.8) is 0 Å². The molecular weight excluding hydrogens is 576 g/mol. The van der Waals surface area contributed by atoms with Gasteiger partial charge in [-0.3, -0.25) is 19.7 Å². The van der Waals surface area contributed by atoms with Gasteiger partial charge in [-0.05, 0) is 66.6 Å². The molecule has 1 fully saturated rings. The lowest BCUT2D eigenvalue weighted by atomic mass is 10.1. The van der Waals surface area contributed by atoms with Crippen molar-refractivity contribution in [1.82, 2.24) is 5.32 Å². The highest BCUT2D eigenvalue weighted by Crippen LogP contribution is 2.30. The number of aryl methyl sites for hydroxylation is 1. The van der Waals surface area contributed by atoms with Crippen molar-refractivity contribution in [2.45, 2.75) is 6.92 Å². The SMILES string of the molecule is Cc1ccc(N2C(=O)NC(=O)/C(=C\c3ccc(OCC(=O)Nc4ccc(Cl)c(Cl)c4)c(Cl)c3)C2=O)cc1Cl. The largest absolute Gasteiger partial charge is 0.482 e. The van der Waals surface area contributed by atoms with E-state index in [1.165, 1.54) is 36.4 Å². The smallest absolute Gasteiger partial charge is 0.335 e. The Morgan fingerprint density at radius 3 is 2.37 bits per heavy atom. The van der Waals surface area contributed by atoms with Gasteiger partial charge in [0.25, 0.3) is 17.7 Å². The second-order valence-corrected chi connectivity index (χ2v) is 9.68. The van der Waals surface area contributed by atoms with Crippen molar-refractivity contribution in [2.24, 2.45) is 0 Å². The van der Waals surface area contributed by atoms with E-state index in [0.29, 0.717) is 26.3 Å².